The van der Waals surface area contributed by atoms with Crippen molar-refractivity contribution < 1.29 is 30.7 Å². The fourth-order valence-corrected chi connectivity index (χ4v) is 2.46. The Morgan fingerprint density at radius 3 is 2.52 bits per heavy atom. The van der Waals surface area contributed by atoms with Gasteiger partial charge in [0.2, 0.25) is 10.0 Å². The molecule has 0 bridgehead atoms. The van der Waals surface area contributed by atoms with E-state index in [9.17, 15) is 26.0 Å². The van der Waals surface area contributed by atoms with Crippen LogP contribution in [0.5, 0.6) is 0 Å². The molecule has 10 heteroatoms. The average Bonchev–Trinajstić information content (AvgIpc) is 2.37. The summed E-state index contributed by atoms with van der Waals surface area (Å²) in [5, 5.41) is 0. The van der Waals surface area contributed by atoms with Gasteiger partial charge in [0.05, 0.1) is 11.5 Å². The van der Waals surface area contributed by atoms with E-state index in [4.69, 9.17) is 5.73 Å². The Balaban J connectivity index is 2.58. The van der Waals surface area contributed by atoms with Gasteiger partial charge >= 0.3 is 6.18 Å². The molecule has 0 aliphatic carbocycles. The largest absolute Gasteiger partial charge is 0.411 e. The van der Waals surface area contributed by atoms with Crippen molar-refractivity contribution in [1.82, 2.24) is 4.72 Å². The van der Waals surface area contributed by atoms with Gasteiger partial charge in [0.1, 0.15) is 12.4 Å². The lowest BCUT2D eigenvalue weighted by Crippen LogP contribution is -2.29. The number of halogens is 4. The van der Waals surface area contributed by atoms with Crippen LogP contribution in [0.4, 0.5) is 17.6 Å². The van der Waals surface area contributed by atoms with Gasteiger partial charge in [-0.2, -0.15) is 13.2 Å². The second-order valence-corrected chi connectivity index (χ2v) is 5.79. The van der Waals surface area contributed by atoms with Crippen LogP contribution in [-0.4, -0.2) is 34.4 Å². The molecule has 0 fully saturated rings. The van der Waals surface area contributed by atoms with Crippen molar-refractivity contribution in [1.29, 1.82) is 0 Å². The Morgan fingerprint density at radius 1 is 1.29 bits per heavy atom. The smallest absolute Gasteiger partial charge is 0.371 e. The predicted octanol–water partition coefficient (Wildman–Crippen LogP) is 1.14. The van der Waals surface area contributed by atoms with Crippen LogP contribution in [0.2, 0.25) is 0 Å². The lowest BCUT2D eigenvalue weighted by molar-refractivity contribution is -0.173. The van der Waals surface area contributed by atoms with Gasteiger partial charge < -0.3 is 10.5 Å². The monoisotopic (exact) mass is 330 g/mol. The van der Waals surface area contributed by atoms with Crippen LogP contribution in [0.15, 0.2) is 23.1 Å². The molecule has 0 unspecified atom stereocenters. The minimum Gasteiger partial charge on any atom is -0.371 e. The lowest BCUT2D eigenvalue weighted by Gasteiger charge is -2.10. The second-order valence-electron chi connectivity index (χ2n) is 4.02. The van der Waals surface area contributed by atoms with E-state index in [0.717, 1.165) is 18.2 Å². The highest BCUT2D eigenvalue weighted by Gasteiger charge is 2.27. The van der Waals surface area contributed by atoms with E-state index in [1.807, 2.05) is 4.72 Å². The summed E-state index contributed by atoms with van der Waals surface area (Å²) in [6.07, 6.45) is -4.47. The normalized spacial score (nSPS) is 12.6. The zero-order valence-corrected chi connectivity index (χ0v) is 11.6. The van der Waals surface area contributed by atoms with Crippen LogP contribution < -0.4 is 10.5 Å². The number of nitrogens with one attached hydrogen (secondary N) is 1. The highest BCUT2D eigenvalue weighted by atomic mass is 32.2. The van der Waals surface area contributed by atoms with Crippen molar-refractivity contribution in [2.75, 3.05) is 19.8 Å². The van der Waals surface area contributed by atoms with E-state index in [-0.39, 0.29) is 23.5 Å². The molecule has 1 aromatic carbocycles. The predicted molar refractivity (Wildman–Crippen MR) is 66.4 cm³/mol. The van der Waals surface area contributed by atoms with Crippen LogP contribution in [0.3, 0.4) is 0 Å². The molecule has 1 aromatic rings. The number of benzene rings is 1. The third-order valence-corrected chi connectivity index (χ3v) is 3.81. The van der Waals surface area contributed by atoms with Crippen LogP contribution in [0.25, 0.3) is 0 Å². The van der Waals surface area contributed by atoms with Crippen molar-refractivity contribution in [2.45, 2.75) is 17.6 Å². The molecule has 0 aliphatic rings. The Kier molecular flexibility index (Phi) is 6.08. The van der Waals surface area contributed by atoms with E-state index >= 15 is 0 Å². The molecular formula is C11H14F4N2O3S. The highest BCUT2D eigenvalue weighted by molar-refractivity contribution is 7.89. The minimum atomic E-state index is -4.47. The second kappa shape index (κ2) is 7.16. The van der Waals surface area contributed by atoms with Gasteiger partial charge in [-0.1, -0.05) is 0 Å². The van der Waals surface area contributed by atoms with Crippen LogP contribution in [0, 0.1) is 5.82 Å². The summed E-state index contributed by atoms with van der Waals surface area (Å²) in [6, 6.07) is 3.05. The summed E-state index contributed by atoms with van der Waals surface area (Å²) in [7, 11) is -3.96. The molecule has 3 N–H and O–H groups in total. The van der Waals surface area contributed by atoms with Gasteiger partial charge in [0.25, 0.3) is 0 Å². The van der Waals surface area contributed by atoms with Gasteiger partial charge in [0, 0.05) is 18.7 Å². The van der Waals surface area contributed by atoms with Gasteiger partial charge in [-0.15, -0.1) is 0 Å². The van der Waals surface area contributed by atoms with Crippen molar-refractivity contribution in [3.05, 3.63) is 29.6 Å². The van der Waals surface area contributed by atoms with Crippen LogP contribution >= 0.6 is 0 Å². The first-order chi connectivity index (χ1) is 9.65. The molecule has 0 radical (unpaired) electrons. The van der Waals surface area contributed by atoms with Crippen molar-refractivity contribution >= 4 is 10.0 Å². The Bertz CT molecular complexity index is 575. The molecule has 1 rings (SSSR count). The number of nitrogens with two attached hydrogens (primary N) is 1. The molecule has 0 amide bonds. The van der Waals surface area contributed by atoms with Crippen LogP contribution in [-0.2, 0) is 21.3 Å². The van der Waals surface area contributed by atoms with Gasteiger partial charge in [-0.3, -0.25) is 0 Å². The molecule has 0 saturated heterocycles. The molecule has 5 nitrogen and oxygen atoms in total. The molecule has 21 heavy (non-hydrogen) atoms. The number of ether oxygens (including phenoxy) is 1. The maximum absolute atomic E-state index is 13.2. The Hall–Kier alpha value is -1.23. The summed E-state index contributed by atoms with van der Waals surface area (Å²) < 4.78 is 78.5. The van der Waals surface area contributed by atoms with Crippen molar-refractivity contribution in [3.63, 3.8) is 0 Å². The van der Waals surface area contributed by atoms with E-state index in [1.165, 1.54) is 0 Å². The van der Waals surface area contributed by atoms with E-state index < -0.39 is 35.2 Å². The summed E-state index contributed by atoms with van der Waals surface area (Å²) in [5.74, 6) is -0.634. The molecule has 0 aromatic heterocycles. The molecule has 0 heterocycles. The number of alkyl halides is 3. The summed E-state index contributed by atoms with van der Waals surface area (Å²) in [4.78, 5) is -0.222. The van der Waals surface area contributed by atoms with Gasteiger partial charge in [-0.25, -0.2) is 17.5 Å². The number of hydrogen-bond acceptors (Lipinski definition) is 4. The minimum absolute atomic E-state index is 0.0196. The first-order valence-electron chi connectivity index (χ1n) is 5.78. The molecule has 0 aliphatic heterocycles. The molecule has 120 valence electrons. The molecule has 0 atom stereocenters. The van der Waals surface area contributed by atoms with E-state index in [2.05, 4.69) is 4.74 Å². The summed E-state index contributed by atoms with van der Waals surface area (Å²) in [6.45, 7) is -2.41. The standard InChI is InChI=1S/C11H14F4N2O3S/c12-10-2-1-9(5-8(10)6-16)21(18,19)17-3-4-20-7-11(13,14)15/h1-2,5,17H,3-4,6-7,16H2. The maximum Gasteiger partial charge on any atom is 0.411 e. The third kappa shape index (κ3) is 5.96. The van der Waals surface area contributed by atoms with E-state index in [0.29, 0.717) is 0 Å². The lowest BCUT2D eigenvalue weighted by atomic mass is 10.2. The summed E-state index contributed by atoms with van der Waals surface area (Å²) >= 11 is 0. The van der Waals surface area contributed by atoms with Gasteiger partial charge in [-0.05, 0) is 18.2 Å². The molecular weight excluding hydrogens is 316 g/mol. The highest BCUT2D eigenvalue weighted by Crippen LogP contribution is 2.15. The van der Waals surface area contributed by atoms with Crippen LogP contribution in [0.1, 0.15) is 5.56 Å². The Labute approximate surface area is 119 Å². The topological polar surface area (TPSA) is 81.4 Å². The fourth-order valence-electron chi connectivity index (χ4n) is 1.39. The zero-order chi connectivity index (χ0) is 16.1. The average molecular weight is 330 g/mol. The zero-order valence-electron chi connectivity index (χ0n) is 10.8. The van der Waals surface area contributed by atoms with Crippen molar-refractivity contribution in [2.24, 2.45) is 5.73 Å². The Morgan fingerprint density at radius 2 is 1.95 bits per heavy atom. The van der Waals surface area contributed by atoms with E-state index in [1.54, 1.807) is 0 Å². The number of hydrogen-bond donors (Lipinski definition) is 2. The van der Waals surface area contributed by atoms with Crippen molar-refractivity contribution in [3.8, 4) is 0 Å². The SMILES string of the molecule is NCc1cc(S(=O)(=O)NCCOCC(F)(F)F)ccc1F. The molecule has 0 spiro atoms. The third-order valence-electron chi connectivity index (χ3n) is 2.35. The summed E-state index contributed by atoms with van der Waals surface area (Å²) in [5.41, 5.74) is 5.28. The fraction of sp³-hybridized carbons (Fsp3) is 0.455. The number of rotatable bonds is 7. The maximum atomic E-state index is 13.2. The number of sulfonamides is 1. The first kappa shape index (κ1) is 17.8. The first-order valence-corrected chi connectivity index (χ1v) is 7.26. The van der Waals surface area contributed by atoms with Gasteiger partial charge in [0.15, 0.2) is 0 Å². The molecule has 0 saturated carbocycles. The quantitative estimate of drug-likeness (QED) is 0.580.